The average molecular weight is 833 g/mol. The fourth-order valence-corrected chi connectivity index (χ4v) is 21.5. The Balaban J connectivity index is 0.000000409. The van der Waals surface area contributed by atoms with Gasteiger partial charge >= 0.3 is 0 Å². The molecule has 0 unspecified atom stereocenters. The standard InChI is InChI=1S/C26H24P2S6.2C5H5.2Fe/c29-27(25-5-1-2-6-25)31-17-21-9-13-23(14-10-21)19-33-28(30,26-7-3-4-8-26)34-20-24-15-11-22(12-16-24)18-32-27;2*1-2-4-5-3-1;;/h1-16H,17-20H2;2*1-5H;;. The van der Waals surface area contributed by atoms with Crippen molar-refractivity contribution in [2.75, 3.05) is 0 Å². The molecule has 240 valence electrons. The van der Waals surface area contributed by atoms with Crippen molar-refractivity contribution in [3.63, 3.8) is 0 Å². The molecule has 4 radical (unpaired) electrons. The van der Waals surface area contributed by atoms with Crippen LogP contribution in [0.5, 0.6) is 0 Å². The zero-order valence-electron chi connectivity index (χ0n) is 24.9. The predicted octanol–water partition coefficient (Wildman–Crippen LogP) is 12.9. The van der Waals surface area contributed by atoms with Gasteiger partial charge in [-0.2, -0.15) is 0 Å². The molecule has 0 atom stereocenters. The largest absolute Gasteiger partial charge is 0.105 e. The minimum Gasteiger partial charge on any atom is -0.105 e. The first kappa shape index (κ1) is 40.5. The van der Waals surface area contributed by atoms with Crippen molar-refractivity contribution in [3.8, 4) is 0 Å². The molecule has 2 aromatic carbocycles. The molecule has 4 aliphatic carbocycles. The Kier molecular flexibility index (Phi) is 18.8. The van der Waals surface area contributed by atoms with Crippen LogP contribution in [-0.4, -0.2) is 0 Å². The molecule has 0 aromatic heterocycles. The summed E-state index contributed by atoms with van der Waals surface area (Å²) in [7, 11) is 0. The van der Waals surface area contributed by atoms with Crippen LogP contribution in [0.2, 0.25) is 0 Å². The fourth-order valence-electron chi connectivity index (χ4n) is 4.21. The van der Waals surface area contributed by atoms with Crippen LogP contribution in [0.25, 0.3) is 0 Å². The zero-order valence-corrected chi connectivity index (χ0v) is 33.8. The van der Waals surface area contributed by atoms with Crippen molar-refractivity contribution < 1.29 is 34.1 Å². The molecule has 10 heteroatoms. The number of rotatable bonds is 2. The molecule has 0 saturated carbocycles. The summed E-state index contributed by atoms with van der Waals surface area (Å²) in [6.45, 7) is 0. The van der Waals surface area contributed by atoms with E-state index in [2.05, 4.69) is 97.8 Å². The fraction of sp³-hybridized carbons (Fsp3) is 0.111. The van der Waals surface area contributed by atoms with Crippen LogP contribution in [0.3, 0.4) is 0 Å². The van der Waals surface area contributed by atoms with Gasteiger partial charge < -0.3 is 0 Å². The van der Waals surface area contributed by atoms with Crippen LogP contribution >= 0.6 is 54.4 Å². The first-order valence-electron chi connectivity index (χ1n) is 14.2. The summed E-state index contributed by atoms with van der Waals surface area (Å²) in [5.41, 5.74) is 5.37. The van der Waals surface area contributed by atoms with Gasteiger partial charge in [-0.3, -0.25) is 0 Å². The molecule has 4 aliphatic heterocycles. The average Bonchev–Trinajstić information content (AvgIpc) is 3.90. The summed E-state index contributed by atoms with van der Waals surface area (Å²) < 4.78 is -3.57. The minimum absolute atomic E-state index is 0. The van der Waals surface area contributed by atoms with Gasteiger partial charge in [-0.15, -0.1) is 45.5 Å². The van der Waals surface area contributed by atoms with Crippen LogP contribution in [-0.2, 0) is 80.8 Å². The molecule has 0 saturated heterocycles. The van der Waals surface area contributed by atoms with Crippen LogP contribution in [0.1, 0.15) is 22.3 Å². The molecule has 4 heterocycles. The SMILES string of the molecule is S=P1(C2=C[CH]C=C2)SCc2ccc(cc2)CSP(=S)(C2=C[CH]C=C2)SCc2ccc(cc2)CS1.[CH]1C=CC=C1.[CH]1C=CC=C1.[Fe].[Fe]. The normalized spacial score (nSPS) is 24.1. The van der Waals surface area contributed by atoms with E-state index in [9.17, 15) is 0 Å². The third-order valence-electron chi connectivity index (χ3n) is 6.68. The Labute approximate surface area is 324 Å². The monoisotopic (exact) mass is 832 g/mol. The van der Waals surface area contributed by atoms with E-state index in [0.29, 0.717) is 0 Å². The third kappa shape index (κ3) is 12.8. The molecule has 0 amide bonds. The molecule has 2 aromatic rings. The molecular formula is C36H34Fe2P2S6. The van der Waals surface area contributed by atoms with Crippen molar-refractivity contribution in [1.82, 2.24) is 0 Å². The maximum Gasteiger partial charge on any atom is 0.0853 e. The molecule has 8 aliphatic rings. The Morgan fingerprint density at radius 2 is 0.674 bits per heavy atom. The number of allylic oxidation sites excluding steroid dienone is 16. The summed E-state index contributed by atoms with van der Waals surface area (Å²) in [6.07, 6.45) is 37.3. The molecule has 0 nitrogen and oxygen atoms in total. The van der Waals surface area contributed by atoms with E-state index in [0.717, 1.165) is 23.0 Å². The van der Waals surface area contributed by atoms with Crippen molar-refractivity contribution in [2.45, 2.75) is 23.0 Å². The predicted molar refractivity (Wildman–Crippen MR) is 215 cm³/mol. The number of benzene rings is 2. The topological polar surface area (TPSA) is 0 Å². The van der Waals surface area contributed by atoms with Gasteiger partial charge in [0.05, 0.1) is 8.88 Å². The Bertz CT molecular complexity index is 1410. The summed E-state index contributed by atoms with van der Waals surface area (Å²) in [5.74, 6) is 3.79. The first-order valence-corrected chi connectivity index (χ1v) is 26.2. The Morgan fingerprint density at radius 3 is 0.870 bits per heavy atom. The molecule has 0 fully saturated rings. The second-order valence-corrected chi connectivity index (χ2v) is 32.3. The summed E-state index contributed by atoms with van der Waals surface area (Å²) in [4.78, 5) is 0. The van der Waals surface area contributed by atoms with Crippen molar-refractivity contribution in [1.29, 1.82) is 0 Å². The summed E-state index contributed by atoms with van der Waals surface area (Å²) in [5, 5.41) is 2.65. The number of hydrogen-bond donors (Lipinski definition) is 0. The van der Waals surface area contributed by atoms with E-state index in [4.69, 9.17) is 23.6 Å². The molecule has 10 rings (SSSR count). The van der Waals surface area contributed by atoms with Crippen molar-refractivity contribution >= 4 is 78.0 Å². The van der Waals surface area contributed by atoms with E-state index >= 15 is 0 Å². The van der Waals surface area contributed by atoms with Crippen molar-refractivity contribution in [2.24, 2.45) is 0 Å². The second kappa shape index (κ2) is 21.3. The van der Waals surface area contributed by atoms with Gasteiger partial charge in [0.1, 0.15) is 0 Å². The maximum atomic E-state index is 6.33. The van der Waals surface area contributed by atoms with Gasteiger partial charge in [0.25, 0.3) is 0 Å². The van der Waals surface area contributed by atoms with E-state index in [-0.39, 0.29) is 34.1 Å². The van der Waals surface area contributed by atoms with E-state index in [1.54, 1.807) is 0 Å². The smallest absolute Gasteiger partial charge is 0.0853 e. The second-order valence-electron chi connectivity index (χ2n) is 9.93. The zero-order chi connectivity index (χ0) is 30.5. The van der Waals surface area contributed by atoms with Crippen LogP contribution < -0.4 is 0 Å². The Morgan fingerprint density at radius 1 is 0.391 bits per heavy atom. The van der Waals surface area contributed by atoms with Crippen LogP contribution in [0, 0.1) is 25.7 Å². The molecule has 4 bridgehead atoms. The Hall–Kier alpha value is 0.0990. The molecule has 46 heavy (non-hydrogen) atoms. The minimum atomic E-state index is -1.78. The van der Waals surface area contributed by atoms with E-state index in [1.165, 1.54) is 32.9 Å². The first-order chi connectivity index (χ1) is 21.5. The number of hydrogen-bond acceptors (Lipinski definition) is 6. The third-order valence-corrected chi connectivity index (χ3v) is 28.8. The maximum absolute atomic E-state index is 6.33. The van der Waals surface area contributed by atoms with Gasteiger partial charge in [0, 0.05) is 93.5 Å². The van der Waals surface area contributed by atoms with Crippen LogP contribution in [0.15, 0.2) is 144 Å². The molecule has 0 spiro atoms. The quantitative estimate of drug-likeness (QED) is 0.217. The molecular weight excluding hydrogens is 798 g/mol. The van der Waals surface area contributed by atoms with Crippen molar-refractivity contribution in [3.05, 3.63) is 192 Å². The van der Waals surface area contributed by atoms with Gasteiger partial charge in [0.2, 0.25) is 0 Å². The van der Waals surface area contributed by atoms with E-state index in [1.807, 2.05) is 107 Å². The summed E-state index contributed by atoms with van der Waals surface area (Å²) >= 11 is 20.5. The summed E-state index contributed by atoms with van der Waals surface area (Å²) in [6, 6.07) is 18.2. The molecule has 0 N–H and O–H groups in total. The van der Waals surface area contributed by atoms with Gasteiger partial charge in [-0.05, 0) is 22.3 Å². The van der Waals surface area contributed by atoms with Crippen LogP contribution in [0.4, 0.5) is 0 Å². The van der Waals surface area contributed by atoms with E-state index < -0.39 is 8.88 Å². The van der Waals surface area contributed by atoms with Gasteiger partial charge in [-0.25, -0.2) is 0 Å². The van der Waals surface area contributed by atoms with Gasteiger partial charge in [0.15, 0.2) is 0 Å². The van der Waals surface area contributed by atoms with Gasteiger partial charge in [-0.1, -0.05) is 157 Å².